The topological polar surface area (TPSA) is 34.2 Å². The van der Waals surface area contributed by atoms with Crippen molar-refractivity contribution in [2.75, 3.05) is 18.5 Å². The van der Waals surface area contributed by atoms with E-state index >= 15 is 0 Å². The van der Waals surface area contributed by atoms with Crippen molar-refractivity contribution in [3.05, 3.63) is 33.4 Å². The molecular weight excluding hydrogens is 295 g/mol. The molecule has 0 saturated carbocycles. The molecule has 1 aromatic heterocycles. The molecule has 1 aromatic carbocycles. The Morgan fingerprint density at radius 3 is 3.00 bits per heavy atom. The normalized spacial score (nSPS) is 14.3. The summed E-state index contributed by atoms with van der Waals surface area (Å²) in [5.74, 6) is 0. The van der Waals surface area contributed by atoms with E-state index in [0.717, 1.165) is 47.2 Å². The van der Waals surface area contributed by atoms with Crippen molar-refractivity contribution in [1.29, 1.82) is 0 Å². The summed E-state index contributed by atoms with van der Waals surface area (Å²) in [7, 11) is 0. The maximum absolute atomic E-state index is 6.38. The Morgan fingerprint density at radius 2 is 2.20 bits per heavy atom. The van der Waals surface area contributed by atoms with Gasteiger partial charge in [0.1, 0.15) is 0 Å². The van der Waals surface area contributed by atoms with Crippen LogP contribution in [0.5, 0.6) is 0 Å². The number of fused-ring (bicyclic) bond motifs is 2. The van der Waals surface area contributed by atoms with Crippen LogP contribution >= 0.6 is 23.2 Å². The van der Waals surface area contributed by atoms with Gasteiger partial charge in [0.05, 0.1) is 35.1 Å². The third-order valence-electron chi connectivity index (χ3n) is 3.47. The maximum atomic E-state index is 6.38. The molecule has 0 bridgehead atoms. The van der Waals surface area contributed by atoms with Gasteiger partial charge in [0, 0.05) is 28.9 Å². The molecule has 0 fully saturated rings. The number of rotatable bonds is 3. The van der Waals surface area contributed by atoms with Gasteiger partial charge in [-0.1, -0.05) is 30.1 Å². The summed E-state index contributed by atoms with van der Waals surface area (Å²) in [5, 5.41) is 5.66. The Hall–Kier alpha value is -1.03. The van der Waals surface area contributed by atoms with Gasteiger partial charge >= 0.3 is 0 Å². The number of nitrogens with one attached hydrogen (secondary N) is 1. The molecule has 0 spiro atoms. The molecule has 0 unspecified atom stereocenters. The number of halogens is 2. The largest absolute Gasteiger partial charge is 0.384 e. The highest BCUT2D eigenvalue weighted by molar-refractivity contribution is 6.39. The van der Waals surface area contributed by atoms with Crippen molar-refractivity contribution in [2.45, 2.75) is 26.4 Å². The number of benzene rings is 1. The lowest BCUT2D eigenvalue weighted by Crippen LogP contribution is -2.16. The minimum Gasteiger partial charge on any atom is -0.384 e. The average Bonchev–Trinajstić information content (AvgIpc) is 2.43. The van der Waals surface area contributed by atoms with Crippen molar-refractivity contribution in [2.24, 2.45) is 0 Å². The van der Waals surface area contributed by atoms with E-state index in [4.69, 9.17) is 32.9 Å². The Balaban J connectivity index is 2.27. The Kier molecular flexibility index (Phi) is 4.01. The van der Waals surface area contributed by atoms with Crippen molar-refractivity contribution in [3.63, 3.8) is 0 Å². The van der Waals surface area contributed by atoms with Crippen LogP contribution in [-0.2, 0) is 17.8 Å². The van der Waals surface area contributed by atoms with Gasteiger partial charge in [-0.3, -0.25) is 4.98 Å². The second kappa shape index (κ2) is 5.76. The molecule has 0 amide bonds. The first-order valence-corrected chi connectivity index (χ1v) is 7.58. The number of ether oxygens (including phenoxy) is 1. The lowest BCUT2D eigenvalue weighted by Gasteiger charge is -2.22. The third kappa shape index (κ3) is 2.46. The number of nitrogens with zero attached hydrogens (tertiary/aromatic N) is 1. The van der Waals surface area contributed by atoms with Gasteiger partial charge in [-0.15, -0.1) is 0 Å². The molecule has 3 rings (SSSR count). The summed E-state index contributed by atoms with van der Waals surface area (Å²) < 4.78 is 5.58. The van der Waals surface area contributed by atoms with E-state index in [1.165, 1.54) is 0 Å². The van der Waals surface area contributed by atoms with Gasteiger partial charge in [-0.05, 0) is 18.6 Å². The van der Waals surface area contributed by atoms with Crippen LogP contribution in [0.3, 0.4) is 0 Å². The van der Waals surface area contributed by atoms with E-state index < -0.39 is 0 Å². The van der Waals surface area contributed by atoms with Crippen LogP contribution in [0.15, 0.2) is 12.1 Å². The van der Waals surface area contributed by atoms with Crippen LogP contribution in [0.1, 0.15) is 24.6 Å². The molecule has 1 N–H and O–H groups in total. The lowest BCUT2D eigenvalue weighted by atomic mass is 10.0. The van der Waals surface area contributed by atoms with Crippen LogP contribution < -0.4 is 5.32 Å². The van der Waals surface area contributed by atoms with E-state index in [-0.39, 0.29) is 0 Å². The molecule has 0 radical (unpaired) electrons. The SMILES string of the molecule is CCCNc1c2c(nc3cc(Cl)cc(Cl)c13)CCOC2. The zero-order chi connectivity index (χ0) is 14.1. The van der Waals surface area contributed by atoms with Crippen LogP contribution in [0.2, 0.25) is 10.0 Å². The fourth-order valence-electron chi connectivity index (χ4n) is 2.55. The minimum absolute atomic E-state index is 0.587. The fourth-order valence-corrected chi connectivity index (χ4v) is 3.13. The molecule has 5 heteroatoms. The molecule has 0 atom stereocenters. The molecule has 2 heterocycles. The molecular formula is C15H16Cl2N2O. The van der Waals surface area contributed by atoms with Crippen LogP contribution in [0.4, 0.5) is 5.69 Å². The van der Waals surface area contributed by atoms with E-state index in [2.05, 4.69) is 12.2 Å². The fraction of sp³-hybridized carbons (Fsp3) is 0.400. The highest BCUT2D eigenvalue weighted by Crippen LogP contribution is 2.37. The van der Waals surface area contributed by atoms with E-state index in [1.807, 2.05) is 6.07 Å². The van der Waals surface area contributed by atoms with Crippen molar-refractivity contribution >= 4 is 39.8 Å². The predicted octanol–water partition coefficient (Wildman–Crippen LogP) is 4.44. The first-order valence-electron chi connectivity index (χ1n) is 6.82. The van der Waals surface area contributed by atoms with Gasteiger partial charge in [-0.2, -0.15) is 0 Å². The monoisotopic (exact) mass is 310 g/mol. The van der Waals surface area contributed by atoms with Crippen LogP contribution in [0.25, 0.3) is 10.9 Å². The van der Waals surface area contributed by atoms with Gasteiger partial charge in [0.15, 0.2) is 0 Å². The molecule has 0 saturated heterocycles. The molecule has 2 aromatic rings. The Bertz CT molecular complexity index is 658. The summed E-state index contributed by atoms with van der Waals surface area (Å²) in [6, 6.07) is 3.63. The smallest absolute Gasteiger partial charge is 0.0756 e. The number of pyridine rings is 1. The van der Waals surface area contributed by atoms with Gasteiger partial charge in [0.2, 0.25) is 0 Å². The molecule has 1 aliphatic heterocycles. The van der Waals surface area contributed by atoms with Crippen molar-refractivity contribution < 1.29 is 4.74 Å². The minimum atomic E-state index is 0.587. The quantitative estimate of drug-likeness (QED) is 0.910. The summed E-state index contributed by atoms with van der Waals surface area (Å²) in [6.07, 6.45) is 1.88. The highest BCUT2D eigenvalue weighted by atomic mass is 35.5. The summed E-state index contributed by atoms with van der Waals surface area (Å²) in [5.41, 5.74) is 4.11. The first kappa shape index (κ1) is 13.9. The predicted molar refractivity (Wildman–Crippen MR) is 83.9 cm³/mol. The number of anilines is 1. The number of hydrogen-bond acceptors (Lipinski definition) is 3. The zero-order valence-electron chi connectivity index (χ0n) is 11.3. The number of aromatic nitrogens is 1. The third-order valence-corrected chi connectivity index (χ3v) is 3.99. The van der Waals surface area contributed by atoms with E-state index in [9.17, 15) is 0 Å². The lowest BCUT2D eigenvalue weighted by molar-refractivity contribution is 0.110. The highest BCUT2D eigenvalue weighted by Gasteiger charge is 2.20. The van der Waals surface area contributed by atoms with Crippen molar-refractivity contribution in [3.8, 4) is 0 Å². The second-order valence-corrected chi connectivity index (χ2v) is 5.77. The maximum Gasteiger partial charge on any atom is 0.0756 e. The zero-order valence-corrected chi connectivity index (χ0v) is 12.8. The van der Waals surface area contributed by atoms with Crippen LogP contribution in [-0.4, -0.2) is 18.1 Å². The Labute approximate surface area is 128 Å². The molecule has 1 aliphatic rings. The van der Waals surface area contributed by atoms with Gasteiger partial charge in [0.25, 0.3) is 0 Å². The van der Waals surface area contributed by atoms with E-state index in [0.29, 0.717) is 23.3 Å². The summed E-state index contributed by atoms with van der Waals surface area (Å²) in [6.45, 7) is 4.33. The summed E-state index contributed by atoms with van der Waals surface area (Å²) in [4.78, 5) is 4.72. The van der Waals surface area contributed by atoms with Gasteiger partial charge in [-0.25, -0.2) is 0 Å². The summed E-state index contributed by atoms with van der Waals surface area (Å²) >= 11 is 12.5. The number of hydrogen-bond donors (Lipinski definition) is 1. The molecule has 20 heavy (non-hydrogen) atoms. The van der Waals surface area contributed by atoms with Crippen molar-refractivity contribution in [1.82, 2.24) is 4.98 Å². The van der Waals surface area contributed by atoms with Gasteiger partial charge < -0.3 is 10.1 Å². The van der Waals surface area contributed by atoms with E-state index in [1.54, 1.807) is 6.07 Å². The second-order valence-electron chi connectivity index (χ2n) is 4.92. The molecule has 3 nitrogen and oxygen atoms in total. The average molecular weight is 311 g/mol. The molecule has 106 valence electrons. The van der Waals surface area contributed by atoms with Crippen LogP contribution in [0, 0.1) is 0 Å². The molecule has 0 aliphatic carbocycles. The first-order chi connectivity index (χ1) is 9.70. The standard InChI is InChI=1S/C15H16Cl2N2O/c1-2-4-18-15-10-8-20-5-3-12(10)19-13-7-9(16)6-11(17)14(13)15/h6-7H,2-5,8H2,1H3,(H,18,19). The Morgan fingerprint density at radius 1 is 1.35 bits per heavy atom.